The van der Waals surface area contributed by atoms with Crippen molar-refractivity contribution in [3.05, 3.63) is 48.5 Å². The smallest absolute Gasteiger partial charge is 0.410 e. The van der Waals surface area contributed by atoms with Crippen molar-refractivity contribution in [1.82, 2.24) is 9.80 Å². The number of unbranched alkanes of at least 4 members (excludes halogenated alkanes) is 1. The summed E-state index contributed by atoms with van der Waals surface area (Å²) in [6.07, 6.45) is 2.61. The maximum absolute atomic E-state index is 12.6. The van der Waals surface area contributed by atoms with Gasteiger partial charge in [0.05, 0.1) is 11.4 Å². The summed E-state index contributed by atoms with van der Waals surface area (Å²) >= 11 is 0. The molecule has 1 aliphatic heterocycles. The lowest BCUT2D eigenvalue weighted by Crippen LogP contribution is -2.42. The summed E-state index contributed by atoms with van der Waals surface area (Å²) in [5, 5.41) is 14.1. The van der Waals surface area contributed by atoms with E-state index < -0.39 is 17.7 Å². The molecule has 220 valence electrons. The van der Waals surface area contributed by atoms with E-state index in [9.17, 15) is 19.2 Å². The quantitative estimate of drug-likeness (QED) is 0.340. The highest BCUT2D eigenvalue weighted by atomic mass is 16.6. The molecule has 41 heavy (non-hydrogen) atoms. The van der Waals surface area contributed by atoms with Gasteiger partial charge in [-0.15, -0.1) is 0 Å². The van der Waals surface area contributed by atoms with Crippen LogP contribution in [0.3, 0.4) is 0 Å². The van der Waals surface area contributed by atoms with Gasteiger partial charge < -0.3 is 20.3 Å². The van der Waals surface area contributed by atoms with Crippen LogP contribution < -0.4 is 10.6 Å². The van der Waals surface area contributed by atoms with E-state index in [1.54, 1.807) is 74.2 Å². The third-order valence-electron chi connectivity index (χ3n) is 6.29. The number of carbonyl (C=O) groups excluding carboxylic acids is 4. The predicted molar refractivity (Wildman–Crippen MR) is 157 cm³/mol. The van der Waals surface area contributed by atoms with E-state index in [-0.39, 0.29) is 24.3 Å². The first-order valence-electron chi connectivity index (χ1n) is 13.9. The summed E-state index contributed by atoms with van der Waals surface area (Å²) < 4.78 is 5.44. The molecule has 1 aliphatic rings. The van der Waals surface area contributed by atoms with Crippen molar-refractivity contribution in [1.29, 1.82) is 0 Å². The molecule has 11 heteroatoms. The number of benzene rings is 2. The largest absolute Gasteiger partial charge is 0.444 e. The zero-order valence-electron chi connectivity index (χ0n) is 24.5. The molecule has 11 nitrogen and oxygen atoms in total. The highest BCUT2D eigenvalue weighted by molar-refractivity contribution is 5.97. The predicted octanol–water partition coefficient (Wildman–Crippen LogP) is 6.03. The average Bonchev–Trinajstić information content (AvgIpc) is 3.41. The Morgan fingerprint density at radius 2 is 1.51 bits per heavy atom. The van der Waals surface area contributed by atoms with Crippen LogP contribution in [-0.4, -0.2) is 64.9 Å². The molecule has 0 radical (unpaired) electrons. The Bertz CT molecular complexity index is 1240. The highest BCUT2D eigenvalue weighted by Crippen LogP contribution is 2.23. The molecule has 2 aromatic rings. The Hall–Kier alpha value is -4.28. The number of nitrogens with zero attached hydrogens (tertiary/aromatic N) is 4. The van der Waals surface area contributed by atoms with E-state index in [0.717, 1.165) is 19.3 Å². The fourth-order valence-electron chi connectivity index (χ4n) is 4.26. The molecule has 1 fully saturated rings. The fourth-order valence-corrected chi connectivity index (χ4v) is 4.26. The first kappa shape index (κ1) is 31.3. The van der Waals surface area contributed by atoms with Crippen molar-refractivity contribution >= 4 is 46.6 Å². The van der Waals surface area contributed by atoms with Gasteiger partial charge in [-0.25, -0.2) is 4.79 Å². The fraction of sp³-hybridized carbons (Fsp3) is 0.467. The standard InChI is InChI=1S/C30H40N6O5/c1-6-7-18-35(29(40)41-30(3,4)5)20-27(38)31-22-10-14-24(15-11-22)33-34-25-16-12-23(13-17-25)32-28(39)26-9-8-19-36(26)21(2)37/h10-17,26H,6-9,18-20H2,1-5H3,(H,31,38)(H,32,39)/t26-/m0/s1. The first-order valence-corrected chi connectivity index (χ1v) is 13.9. The van der Waals surface area contributed by atoms with Crippen LogP contribution in [0.1, 0.15) is 60.3 Å². The molecule has 1 heterocycles. The molecule has 4 amide bonds. The van der Waals surface area contributed by atoms with Gasteiger partial charge in [-0.1, -0.05) is 13.3 Å². The van der Waals surface area contributed by atoms with Crippen LogP contribution >= 0.6 is 0 Å². The Kier molecular flexibility index (Phi) is 11.0. The van der Waals surface area contributed by atoms with Crippen molar-refractivity contribution in [3.63, 3.8) is 0 Å². The zero-order chi connectivity index (χ0) is 30.0. The minimum atomic E-state index is -0.644. The van der Waals surface area contributed by atoms with Gasteiger partial charge in [0, 0.05) is 31.4 Å². The van der Waals surface area contributed by atoms with Gasteiger partial charge in [-0.05, 0) is 88.6 Å². The van der Waals surface area contributed by atoms with Crippen molar-refractivity contribution in [2.75, 3.05) is 30.3 Å². The van der Waals surface area contributed by atoms with Gasteiger partial charge >= 0.3 is 6.09 Å². The van der Waals surface area contributed by atoms with Crippen LogP contribution in [0, 0.1) is 0 Å². The Morgan fingerprint density at radius 1 is 0.951 bits per heavy atom. The molecular weight excluding hydrogens is 524 g/mol. The van der Waals surface area contributed by atoms with E-state index in [1.165, 1.54) is 11.8 Å². The van der Waals surface area contributed by atoms with Crippen molar-refractivity contribution in [3.8, 4) is 0 Å². The van der Waals surface area contributed by atoms with Crippen molar-refractivity contribution in [2.45, 2.75) is 71.9 Å². The van der Waals surface area contributed by atoms with E-state index in [4.69, 9.17) is 4.74 Å². The average molecular weight is 565 g/mol. The molecule has 1 atom stereocenters. The zero-order valence-corrected chi connectivity index (χ0v) is 24.5. The molecule has 0 unspecified atom stereocenters. The Morgan fingerprint density at radius 3 is 2.02 bits per heavy atom. The summed E-state index contributed by atoms with van der Waals surface area (Å²) in [5.74, 6) is -0.616. The maximum atomic E-state index is 12.6. The van der Waals surface area contributed by atoms with Crippen LogP contribution in [0.2, 0.25) is 0 Å². The lowest BCUT2D eigenvalue weighted by atomic mass is 10.2. The molecule has 0 spiro atoms. The SMILES string of the molecule is CCCCN(CC(=O)Nc1ccc(N=Nc2ccc(NC(=O)[C@@H]3CCCN3C(C)=O)cc2)cc1)C(=O)OC(C)(C)C. The summed E-state index contributed by atoms with van der Waals surface area (Å²) in [5.41, 5.74) is 1.73. The summed E-state index contributed by atoms with van der Waals surface area (Å²) in [6.45, 7) is 9.80. The van der Waals surface area contributed by atoms with Crippen LogP contribution in [0.15, 0.2) is 58.8 Å². The van der Waals surface area contributed by atoms with Gasteiger partial charge in [0.1, 0.15) is 18.2 Å². The van der Waals surface area contributed by atoms with Gasteiger partial charge in [-0.3, -0.25) is 19.3 Å². The van der Waals surface area contributed by atoms with E-state index in [0.29, 0.717) is 42.3 Å². The number of carbonyl (C=O) groups is 4. The Labute approximate surface area is 241 Å². The molecular formula is C30H40N6O5. The highest BCUT2D eigenvalue weighted by Gasteiger charge is 2.32. The molecule has 2 aromatic carbocycles. The summed E-state index contributed by atoms with van der Waals surface area (Å²) in [6, 6.07) is 13.4. The number of likely N-dealkylation sites (tertiary alicyclic amines) is 1. The Balaban J connectivity index is 1.52. The third kappa shape index (κ3) is 10.0. The number of hydrogen-bond acceptors (Lipinski definition) is 7. The monoisotopic (exact) mass is 564 g/mol. The maximum Gasteiger partial charge on any atom is 0.410 e. The summed E-state index contributed by atoms with van der Waals surface area (Å²) in [7, 11) is 0. The topological polar surface area (TPSA) is 133 Å². The van der Waals surface area contributed by atoms with Crippen molar-refractivity contribution in [2.24, 2.45) is 10.2 Å². The molecule has 0 aromatic heterocycles. The number of hydrogen-bond donors (Lipinski definition) is 2. The second-order valence-corrected chi connectivity index (χ2v) is 11.0. The molecule has 0 bridgehead atoms. The normalized spacial score (nSPS) is 15.0. The molecule has 0 aliphatic carbocycles. The number of amides is 4. The number of azo groups is 1. The van der Waals surface area contributed by atoms with Gasteiger partial charge in [0.2, 0.25) is 17.7 Å². The number of ether oxygens (including phenoxy) is 1. The molecule has 3 rings (SSSR count). The van der Waals surface area contributed by atoms with Crippen LogP contribution in [0.4, 0.5) is 27.5 Å². The lowest BCUT2D eigenvalue weighted by Gasteiger charge is -2.27. The van der Waals surface area contributed by atoms with Crippen LogP contribution in [0.25, 0.3) is 0 Å². The number of anilines is 2. The van der Waals surface area contributed by atoms with Crippen molar-refractivity contribution < 1.29 is 23.9 Å². The van der Waals surface area contributed by atoms with Gasteiger partial charge in [-0.2, -0.15) is 10.2 Å². The number of nitrogens with one attached hydrogen (secondary N) is 2. The minimum Gasteiger partial charge on any atom is -0.444 e. The molecule has 0 saturated carbocycles. The molecule has 2 N–H and O–H groups in total. The lowest BCUT2D eigenvalue weighted by molar-refractivity contribution is -0.134. The number of rotatable bonds is 10. The summed E-state index contributed by atoms with van der Waals surface area (Å²) in [4.78, 5) is 52.5. The van der Waals surface area contributed by atoms with E-state index in [2.05, 4.69) is 20.9 Å². The second kappa shape index (κ2) is 14.4. The van der Waals surface area contributed by atoms with Crippen LogP contribution in [0.5, 0.6) is 0 Å². The minimum absolute atomic E-state index is 0.0962. The van der Waals surface area contributed by atoms with E-state index >= 15 is 0 Å². The van der Waals surface area contributed by atoms with E-state index in [1.807, 2.05) is 6.92 Å². The third-order valence-corrected chi connectivity index (χ3v) is 6.29. The molecule has 1 saturated heterocycles. The van der Waals surface area contributed by atoms with Crippen LogP contribution in [-0.2, 0) is 19.1 Å². The first-order chi connectivity index (χ1) is 19.4. The second-order valence-electron chi connectivity index (χ2n) is 11.0. The van der Waals surface area contributed by atoms with Gasteiger partial charge in [0.25, 0.3) is 0 Å². The van der Waals surface area contributed by atoms with Gasteiger partial charge in [0.15, 0.2) is 0 Å².